The Morgan fingerprint density at radius 2 is 1.87 bits per heavy atom. The van der Waals surface area contributed by atoms with Crippen molar-refractivity contribution in [2.45, 2.75) is 25.0 Å². The predicted octanol–water partition coefficient (Wildman–Crippen LogP) is 2.09. The second-order valence-electron chi connectivity index (χ2n) is 7.98. The van der Waals surface area contributed by atoms with Crippen LogP contribution in [0.5, 0.6) is 11.5 Å². The van der Waals surface area contributed by atoms with E-state index in [-0.39, 0.29) is 29.6 Å². The molecule has 2 aromatic carbocycles. The summed E-state index contributed by atoms with van der Waals surface area (Å²) in [5, 5.41) is 0. The summed E-state index contributed by atoms with van der Waals surface area (Å²) < 4.78 is 24.2. The lowest BCUT2D eigenvalue weighted by molar-refractivity contribution is -0.135. The second kappa shape index (κ2) is 9.64. The first kappa shape index (κ1) is 21.5. The van der Waals surface area contributed by atoms with E-state index in [1.165, 1.54) is 13.2 Å². The number of rotatable bonds is 6. The fourth-order valence-electron chi connectivity index (χ4n) is 4.21. The summed E-state index contributed by atoms with van der Waals surface area (Å²) >= 11 is 0. The summed E-state index contributed by atoms with van der Waals surface area (Å²) in [6.07, 6.45) is 0.692. The van der Waals surface area contributed by atoms with Gasteiger partial charge in [0, 0.05) is 38.8 Å². The summed E-state index contributed by atoms with van der Waals surface area (Å²) in [7, 11) is 3.11. The van der Waals surface area contributed by atoms with Gasteiger partial charge in [-0.15, -0.1) is 0 Å². The quantitative estimate of drug-likeness (QED) is 0.735. The van der Waals surface area contributed by atoms with Gasteiger partial charge in [0.15, 0.2) is 11.6 Å². The lowest BCUT2D eigenvalue weighted by Gasteiger charge is -2.35. The molecule has 0 spiro atoms. The average Bonchev–Trinajstić information content (AvgIpc) is 3.30. The molecule has 0 aliphatic carbocycles. The van der Waals surface area contributed by atoms with Crippen molar-refractivity contribution in [3.05, 3.63) is 59.4 Å². The van der Waals surface area contributed by atoms with Crippen molar-refractivity contribution < 1.29 is 18.7 Å². The van der Waals surface area contributed by atoms with Crippen LogP contribution in [0.2, 0.25) is 0 Å². The molecule has 166 valence electrons. The molecule has 1 amide bonds. The number of halogens is 1. The number of ether oxygens (including phenoxy) is 2. The zero-order valence-corrected chi connectivity index (χ0v) is 17.9. The van der Waals surface area contributed by atoms with E-state index in [1.807, 2.05) is 35.2 Å². The fourth-order valence-corrected chi connectivity index (χ4v) is 4.21. The lowest BCUT2D eigenvalue weighted by atomic mass is 10.0. The van der Waals surface area contributed by atoms with Crippen molar-refractivity contribution in [2.75, 3.05) is 40.4 Å². The van der Waals surface area contributed by atoms with Gasteiger partial charge in [-0.25, -0.2) is 15.2 Å². The van der Waals surface area contributed by atoms with E-state index in [2.05, 4.69) is 15.8 Å². The van der Waals surface area contributed by atoms with Gasteiger partial charge in [-0.1, -0.05) is 18.2 Å². The molecule has 31 heavy (non-hydrogen) atoms. The zero-order valence-electron chi connectivity index (χ0n) is 17.9. The molecular weight excluding hydrogens is 399 g/mol. The molecule has 8 heteroatoms. The molecule has 2 heterocycles. The van der Waals surface area contributed by atoms with Crippen LogP contribution in [0.15, 0.2) is 42.5 Å². The zero-order chi connectivity index (χ0) is 21.8. The Morgan fingerprint density at radius 3 is 2.58 bits per heavy atom. The molecule has 0 saturated carbocycles. The van der Waals surface area contributed by atoms with Crippen LogP contribution >= 0.6 is 0 Å². The Bertz CT molecular complexity index is 917. The van der Waals surface area contributed by atoms with E-state index in [0.29, 0.717) is 26.1 Å². The van der Waals surface area contributed by atoms with Crippen LogP contribution in [0.25, 0.3) is 0 Å². The first-order chi connectivity index (χ1) is 15.1. The number of hydrogen-bond acceptors (Lipinski definition) is 6. The topological polar surface area (TPSA) is 66.1 Å². The van der Waals surface area contributed by atoms with Gasteiger partial charge >= 0.3 is 0 Å². The first-order valence-electron chi connectivity index (χ1n) is 10.6. The smallest absolute Gasteiger partial charge is 0.241 e. The molecule has 7 nitrogen and oxygen atoms in total. The van der Waals surface area contributed by atoms with E-state index in [9.17, 15) is 9.18 Å². The highest BCUT2D eigenvalue weighted by molar-refractivity contribution is 5.82. The van der Waals surface area contributed by atoms with Gasteiger partial charge < -0.3 is 14.4 Å². The number of hydrogen-bond donors (Lipinski definition) is 2. The van der Waals surface area contributed by atoms with Crippen LogP contribution in [0.4, 0.5) is 4.39 Å². The van der Waals surface area contributed by atoms with E-state index in [1.54, 1.807) is 13.2 Å². The molecule has 0 radical (unpaired) electrons. The van der Waals surface area contributed by atoms with Crippen molar-refractivity contribution in [3.8, 4) is 11.5 Å². The average molecular weight is 429 g/mol. The summed E-state index contributed by atoms with van der Waals surface area (Å²) in [6, 6.07) is 12.8. The van der Waals surface area contributed by atoms with E-state index in [4.69, 9.17) is 9.47 Å². The minimum absolute atomic E-state index is 0.0651. The molecule has 2 aromatic rings. The molecule has 2 saturated heterocycles. The van der Waals surface area contributed by atoms with Crippen LogP contribution in [0.3, 0.4) is 0 Å². The van der Waals surface area contributed by atoms with Gasteiger partial charge in [-0.3, -0.25) is 9.69 Å². The van der Waals surface area contributed by atoms with Crippen LogP contribution in [0.1, 0.15) is 23.6 Å². The third-order valence-corrected chi connectivity index (χ3v) is 6.00. The predicted molar refractivity (Wildman–Crippen MR) is 115 cm³/mol. The highest BCUT2D eigenvalue weighted by Crippen LogP contribution is 2.26. The molecule has 2 unspecified atom stereocenters. The Hall–Kier alpha value is -2.68. The number of carbonyl (C=O) groups excluding carboxylic acids is 1. The van der Waals surface area contributed by atoms with Crippen molar-refractivity contribution in [3.63, 3.8) is 0 Å². The van der Waals surface area contributed by atoms with E-state index >= 15 is 0 Å². The molecule has 2 N–H and O–H groups in total. The summed E-state index contributed by atoms with van der Waals surface area (Å²) in [5.74, 6) is 0.832. The molecule has 0 bridgehead atoms. The Balaban J connectivity index is 1.28. The first-order valence-corrected chi connectivity index (χ1v) is 10.6. The molecule has 2 atom stereocenters. The van der Waals surface area contributed by atoms with Crippen LogP contribution in [-0.4, -0.2) is 62.1 Å². The monoisotopic (exact) mass is 428 g/mol. The van der Waals surface area contributed by atoms with Gasteiger partial charge in [0.1, 0.15) is 11.8 Å². The maximum atomic E-state index is 13.9. The van der Waals surface area contributed by atoms with Gasteiger partial charge in [0.05, 0.1) is 14.2 Å². The molecule has 0 aromatic heterocycles. The minimum Gasteiger partial charge on any atom is -0.497 e. The van der Waals surface area contributed by atoms with Crippen molar-refractivity contribution >= 4 is 5.91 Å². The number of carbonyl (C=O) groups is 1. The number of methoxy groups -OCH3 is 2. The second-order valence-corrected chi connectivity index (χ2v) is 7.98. The lowest BCUT2D eigenvalue weighted by Crippen LogP contribution is -2.53. The van der Waals surface area contributed by atoms with Gasteiger partial charge in [-0.05, 0) is 41.8 Å². The van der Waals surface area contributed by atoms with E-state index < -0.39 is 0 Å². The molecule has 4 rings (SSSR count). The standard InChI is InChI=1S/C23H29FN4O3/c1-30-18-5-3-4-17(13-18)20-14-21(26-25-20)23(29)28-10-8-27(9-11-28)15-16-6-7-22(31-2)19(24)12-16/h3-7,12-13,20-21,25-26H,8-11,14-15H2,1-2H3. The molecule has 2 fully saturated rings. The third-order valence-electron chi connectivity index (χ3n) is 6.00. The highest BCUT2D eigenvalue weighted by atomic mass is 19.1. The van der Waals surface area contributed by atoms with Crippen LogP contribution in [-0.2, 0) is 11.3 Å². The van der Waals surface area contributed by atoms with Gasteiger partial charge in [-0.2, -0.15) is 0 Å². The summed E-state index contributed by atoms with van der Waals surface area (Å²) in [4.78, 5) is 17.2. The molecule has 2 aliphatic heterocycles. The van der Waals surface area contributed by atoms with Crippen molar-refractivity contribution in [1.29, 1.82) is 0 Å². The number of benzene rings is 2. The third kappa shape index (κ3) is 4.98. The number of amides is 1. The number of piperazine rings is 1. The van der Waals surface area contributed by atoms with Gasteiger partial charge in [0.2, 0.25) is 5.91 Å². The molecule has 2 aliphatic rings. The van der Waals surface area contributed by atoms with Crippen molar-refractivity contribution in [2.24, 2.45) is 0 Å². The maximum absolute atomic E-state index is 13.9. The SMILES string of the molecule is COc1cccc(C2CC(C(=O)N3CCN(Cc4ccc(OC)c(F)c4)CC3)NN2)c1. The van der Waals surface area contributed by atoms with Crippen LogP contribution < -0.4 is 20.3 Å². The summed E-state index contributed by atoms with van der Waals surface area (Å²) in [5.41, 5.74) is 8.40. The van der Waals surface area contributed by atoms with Crippen molar-refractivity contribution in [1.82, 2.24) is 20.7 Å². The maximum Gasteiger partial charge on any atom is 0.241 e. The van der Waals surface area contributed by atoms with E-state index in [0.717, 1.165) is 30.0 Å². The Labute approximate surface area is 182 Å². The highest BCUT2D eigenvalue weighted by Gasteiger charge is 2.34. The largest absolute Gasteiger partial charge is 0.497 e. The fraction of sp³-hybridized carbons (Fsp3) is 0.435. The minimum atomic E-state index is -0.348. The normalized spacial score (nSPS) is 21.8. The Morgan fingerprint density at radius 1 is 1.06 bits per heavy atom. The Kier molecular flexibility index (Phi) is 6.70. The number of hydrazine groups is 1. The number of nitrogens with zero attached hydrogens (tertiary/aromatic N) is 2. The molecular formula is C23H29FN4O3. The number of nitrogens with one attached hydrogen (secondary N) is 2. The summed E-state index contributed by atoms with van der Waals surface area (Å²) in [6.45, 7) is 3.51. The van der Waals surface area contributed by atoms with Gasteiger partial charge in [0.25, 0.3) is 0 Å². The van der Waals surface area contributed by atoms with Crippen LogP contribution in [0, 0.1) is 5.82 Å².